The molecule has 0 unspecified atom stereocenters. The van der Waals surface area contributed by atoms with E-state index in [1.165, 1.54) is 56.7 Å². The predicted molar refractivity (Wildman–Crippen MR) is 93.1 cm³/mol. The monoisotopic (exact) mass is 354 g/mol. The molecule has 0 atom stereocenters. The van der Waals surface area contributed by atoms with Crippen LogP contribution in [0.15, 0.2) is 36.4 Å². The molecule has 2 aromatic carbocycles. The molecule has 0 bridgehead atoms. The average Bonchev–Trinajstić information content (AvgIpc) is 2.65. The van der Waals surface area contributed by atoms with Crippen molar-refractivity contribution >= 4 is 23.3 Å². The molecule has 2 aromatic rings. The number of carbonyl (C=O) groups is 1. The van der Waals surface area contributed by atoms with E-state index < -0.39 is 10.9 Å². The fourth-order valence-electron chi connectivity index (χ4n) is 2.29. The Hall–Kier alpha value is -3.86. The first-order valence-electron chi connectivity index (χ1n) is 7.27. The van der Waals surface area contributed by atoms with Crippen LogP contribution in [0.3, 0.4) is 0 Å². The topological polar surface area (TPSA) is 123 Å². The summed E-state index contributed by atoms with van der Waals surface area (Å²) in [5.41, 5.74) is 0.547. The smallest absolute Gasteiger partial charge is 0.335 e. The molecule has 0 fully saturated rings. The maximum Gasteiger partial charge on any atom is 0.335 e. The lowest BCUT2D eigenvalue weighted by Crippen LogP contribution is -1.97. The largest absolute Gasteiger partial charge is 0.493 e. The second kappa shape index (κ2) is 7.81. The number of nitro benzene ring substituents is 1. The van der Waals surface area contributed by atoms with Crippen LogP contribution in [0, 0.1) is 21.4 Å². The van der Waals surface area contributed by atoms with Crippen molar-refractivity contribution < 1.29 is 24.3 Å². The maximum absolute atomic E-state index is 11.3. The van der Waals surface area contributed by atoms with Gasteiger partial charge in [-0.25, -0.2) is 4.79 Å². The molecule has 0 amide bonds. The van der Waals surface area contributed by atoms with Gasteiger partial charge in [0.15, 0.2) is 11.5 Å². The van der Waals surface area contributed by atoms with Crippen LogP contribution in [-0.4, -0.2) is 30.2 Å². The highest BCUT2D eigenvalue weighted by Gasteiger charge is 2.19. The molecule has 8 nitrogen and oxygen atoms in total. The van der Waals surface area contributed by atoms with E-state index in [9.17, 15) is 20.2 Å². The van der Waals surface area contributed by atoms with Gasteiger partial charge in [-0.3, -0.25) is 10.1 Å². The van der Waals surface area contributed by atoms with E-state index in [1.54, 1.807) is 0 Å². The molecule has 8 heteroatoms. The number of hydrogen-bond acceptors (Lipinski definition) is 6. The van der Waals surface area contributed by atoms with E-state index in [-0.39, 0.29) is 33.9 Å². The van der Waals surface area contributed by atoms with Gasteiger partial charge in [0, 0.05) is 0 Å². The lowest BCUT2D eigenvalue weighted by Gasteiger charge is -2.09. The summed E-state index contributed by atoms with van der Waals surface area (Å²) in [4.78, 5) is 21.7. The number of benzene rings is 2. The molecule has 26 heavy (non-hydrogen) atoms. The van der Waals surface area contributed by atoms with E-state index in [1.807, 2.05) is 6.07 Å². The minimum Gasteiger partial charge on any atom is -0.493 e. The van der Waals surface area contributed by atoms with Crippen molar-refractivity contribution in [3.63, 3.8) is 0 Å². The van der Waals surface area contributed by atoms with Crippen molar-refractivity contribution in [3.05, 3.63) is 63.2 Å². The maximum atomic E-state index is 11.3. The van der Waals surface area contributed by atoms with Gasteiger partial charge in [-0.2, -0.15) is 5.26 Å². The molecule has 1 N–H and O–H groups in total. The molecular formula is C18H14N2O6. The highest BCUT2D eigenvalue weighted by Crippen LogP contribution is 2.36. The van der Waals surface area contributed by atoms with Gasteiger partial charge < -0.3 is 14.6 Å². The van der Waals surface area contributed by atoms with Gasteiger partial charge >= 0.3 is 5.97 Å². The number of rotatable bonds is 6. The summed E-state index contributed by atoms with van der Waals surface area (Å²) in [6, 6.07) is 10.2. The zero-order valence-electron chi connectivity index (χ0n) is 13.9. The number of nitro groups is 1. The zero-order valence-corrected chi connectivity index (χ0v) is 13.9. The molecular weight excluding hydrogens is 340 g/mol. The van der Waals surface area contributed by atoms with Crippen LogP contribution in [0.5, 0.6) is 11.5 Å². The highest BCUT2D eigenvalue weighted by molar-refractivity contribution is 5.93. The van der Waals surface area contributed by atoms with E-state index in [4.69, 9.17) is 14.6 Å². The van der Waals surface area contributed by atoms with E-state index >= 15 is 0 Å². The van der Waals surface area contributed by atoms with Crippen LogP contribution in [0.25, 0.3) is 11.6 Å². The SMILES string of the molecule is COc1cc(/C=C(/C#N)c2ccc(C(=O)O)cc2)c([N+](=O)[O-])cc1OC. The first-order chi connectivity index (χ1) is 12.4. The Morgan fingerprint density at radius 1 is 1.15 bits per heavy atom. The zero-order chi connectivity index (χ0) is 19.3. The summed E-state index contributed by atoms with van der Waals surface area (Å²) >= 11 is 0. The van der Waals surface area contributed by atoms with Crippen molar-refractivity contribution in [2.45, 2.75) is 0 Å². The van der Waals surface area contributed by atoms with Gasteiger partial charge in [0.2, 0.25) is 0 Å². The van der Waals surface area contributed by atoms with Crippen molar-refractivity contribution in [2.75, 3.05) is 14.2 Å². The van der Waals surface area contributed by atoms with E-state index in [0.717, 1.165) is 0 Å². The summed E-state index contributed by atoms with van der Waals surface area (Å²) in [7, 11) is 2.76. The van der Waals surface area contributed by atoms with Crippen molar-refractivity contribution in [3.8, 4) is 17.6 Å². The number of nitrogens with zero attached hydrogens (tertiary/aromatic N) is 2. The molecule has 2 rings (SSSR count). The first-order valence-corrected chi connectivity index (χ1v) is 7.27. The number of methoxy groups -OCH3 is 2. The first kappa shape index (κ1) is 18.5. The number of allylic oxidation sites excluding steroid dienone is 1. The Labute approximate surface area is 148 Å². The van der Waals surface area contributed by atoms with Crippen LogP contribution in [0.1, 0.15) is 21.5 Å². The molecule has 132 valence electrons. The Morgan fingerprint density at radius 2 is 1.69 bits per heavy atom. The molecule has 0 spiro atoms. The molecule has 0 saturated carbocycles. The van der Waals surface area contributed by atoms with Crippen molar-refractivity contribution in [2.24, 2.45) is 0 Å². The Kier molecular flexibility index (Phi) is 5.55. The van der Waals surface area contributed by atoms with Gasteiger partial charge in [-0.15, -0.1) is 0 Å². The second-order valence-corrected chi connectivity index (χ2v) is 5.08. The van der Waals surface area contributed by atoms with Gasteiger partial charge in [0.1, 0.15) is 0 Å². The predicted octanol–water partition coefficient (Wildman–Crippen LogP) is 3.37. The minimum absolute atomic E-state index is 0.0723. The van der Waals surface area contributed by atoms with Crippen LogP contribution in [0.2, 0.25) is 0 Å². The lowest BCUT2D eigenvalue weighted by molar-refractivity contribution is -0.385. The lowest BCUT2D eigenvalue weighted by atomic mass is 10.0. The fraction of sp³-hybridized carbons (Fsp3) is 0.111. The number of carboxylic acid groups (broad SMARTS) is 1. The third kappa shape index (κ3) is 3.79. The standard InChI is InChI=1S/C18H14N2O6/c1-25-16-8-13(15(20(23)24)9-17(16)26-2)7-14(10-19)11-3-5-12(6-4-11)18(21)22/h3-9H,1-2H3,(H,21,22)/b14-7-. The molecule has 0 aromatic heterocycles. The second-order valence-electron chi connectivity index (χ2n) is 5.08. The summed E-state index contributed by atoms with van der Waals surface area (Å²) in [5.74, 6) is -0.613. The number of nitriles is 1. The third-order valence-electron chi connectivity index (χ3n) is 3.59. The summed E-state index contributed by atoms with van der Waals surface area (Å²) in [6.07, 6.45) is 1.34. The Morgan fingerprint density at radius 3 is 2.15 bits per heavy atom. The molecule has 0 radical (unpaired) electrons. The number of hydrogen-bond donors (Lipinski definition) is 1. The quantitative estimate of drug-likeness (QED) is 0.365. The van der Waals surface area contributed by atoms with Crippen molar-refractivity contribution in [1.29, 1.82) is 5.26 Å². The van der Waals surface area contributed by atoms with Crippen LogP contribution in [-0.2, 0) is 0 Å². The molecule has 0 aliphatic rings. The van der Waals surface area contributed by atoms with Crippen LogP contribution in [0.4, 0.5) is 5.69 Å². The molecule has 0 aliphatic carbocycles. The number of ether oxygens (including phenoxy) is 2. The van der Waals surface area contributed by atoms with E-state index in [2.05, 4.69) is 0 Å². The van der Waals surface area contributed by atoms with Gasteiger partial charge in [-0.05, 0) is 29.8 Å². The van der Waals surface area contributed by atoms with Gasteiger partial charge in [0.05, 0.1) is 48.0 Å². The van der Waals surface area contributed by atoms with Gasteiger partial charge in [-0.1, -0.05) is 12.1 Å². The van der Waals surface area contributed by atoms with Crippen LogP contribution < -0.4 is 9.47 Å². The normalized spacial score (nSPS) is 10.7. The van der Waals surface area contributed by atoms with E-state index in [0.29, 0.717) is 5.56 Å². The van der Waals surface area contributed by atoms with Crippen LogP contribution >= 0.6 is 0 Å². The number of aromatic carboxylic acids is 1. The van der Waals surface area contributed by atoms with Gasteiger partial charge in [0.25, 0.3) is 5.69 Å². The third-order valence-corrected chi connectivity index (χ3v) is 3.59. The molecule has 0 saturated heterocycles. The molecule has 0 heterocycles. The summed E-state index contributed by atoms with van der Waals surface area (Å²) in [5, 5.41) is 29.7. The number of carboxylic acids is 1. The Bertz CT molecular complexity index is 926. The summed E-state index contributed by atoms with van der Waals surface area (Å²) < 4.78 is 10.2. The minimum atomic E-state index is -1.09. The Balaban J connectivity index is 2.59. The van der Waals surface area contributed by atoms with Crippen molar-refractivity contribution in [1.82, 2.24) is 0 Å². The molecule has 0 aliphatic heterocycles. The highest BCUT2D eigenvalue weighted by atomic mass is 16.6. The average molecular weight is 354 g/mol. The fourth-order valence-corrected chi connectivity index (χ4v) is 2.29. The summed E-state index contributed by atoms with van der Waals surface area (Å²) in [6.45, 7) is 0.